The van der Waals surface area contributed by atoms with Gasteiger partial charge in [-0.2, -0.15) is 52.7 Å². The fourth-order valence-corrected chi connectivity index (χ4v) is 3.89. The second-order valence-corrected chi connectivity index (χ2v) is 9.02. The van der Waals surface area contributed by atoms with Gasteiger partial charge in [0.05, 0.1) is 27.9 Å². The minimum absolute atomic E-state index is 0.0235. The first kappa shape index (κ1) is 30.7. The summed E-state index contributed by atoms with van der Waals surface area (Å²) in [7, 11) is 0. The summed E-state index contributed by atoms with van der Waals surface area (Å²) in [6, 6.07) is 13.0. The van der Waals surface area contributed by atoms with Crippen LogP contribution in [0.2, 0.25) is 0 Å². The van der Waals surface area contributed by atoms with E-state index >= 15 is 0 Å². The Morgan fingerprint density at radius 3 is 1.00 bits per heavy atom. The van der Waals surface area contributed by atoms with Crippen molar-refractivity contribution >= 4 is 11.9 Å². The summed E-state index contributed by atoms with van der Waals surface area (Å²) < 4.78 is 158. The molecule has 0 unspecified atom stereocenters. The van der Waals surface area contributed by atoms with Crippen molar-refractivity contribution in [3.8, 4) is 22.3 Å². The smallest absolute Gasteiger partial charge is 0.256 e. The van der Waals surface area contributed by atoms with Crippen LogP contribution in [0.15, 0.2) is 89.9 Å². The highest BCUT2D eigenvalue weighted by atomic mass is 19.4. The standard InChI is InChI=1S/C29H15F12N/c30-26(31,32)21-9-19(10-22(13-21)27(33,34)35)17-3-1-16(2-4-17)15-42-25-7-5-18(6-8-25)20-11-23(28(36,37)38)14-24(12-20)29(39,40)41/h1-15H. The van der Waals surface area contributed by atoms with Gasteiger partial charge in [0, 0.05) is 6.21 Å². The van der Waals surface area contributed by atoms with Gasteiger partial charge in [-0.25, -0.2) is 0 Å². The van der Waals surface area contributed by atoms with Crippen molar-refractivity contribution < 1.29 is 52.7 Å². The van der Waals surface area contributed by atoms with E-state index in [2.05, 4.69) is 4.99 Å². The lowest BCUT2D eigenvalue weighted by molar-refractivity contribution is -0.144. The number of nitrogens with zero attached hydrogens (tertiary/aromatic N) is 1. The van der Waals surface area contributed by atoms with Gasteiger partial charge in [-0.05, 0) is 76.3 Å². The van der Waals surface area contributed by atoms with Crippen molar-refractivity contribution in [2.45, 2.75) is 24.7 Å². The predicted octanol–water partition coefficient (Wildman–Crippen LogP) is 10.8. The predicted molar refractivity (Wildman–Crippen MR) is 131 cm³/mol. The maximum absolute atomic E-state index is 13.2. The number of alkyl halides is 12. The zero-order valence-electron chi connectivity index (χ0n) is 20.6. The summed E-state index contributed by atoms with van der Waals surface area (Å²) in [4.78, 5) is 4.14. The number of aliphatic imine (C=N–C) groups is 1. The molecule has 0 aliphatic heterocycles. The van der Waals surface area contributed by atoms with Gasteiger partial charge in [0.15, 0.2) is 0 Å². The highest BCUT2D eigenvalue weighted by Crippen LogP contribution is 2.40. The quantitative estimate of drug-likeness (QED) is 0.162. The number of benzene rings is 4. The first-order valence-corrected chi connectivity index (χ1v) is 11.6. The summed E-state index contributed by atoms with van der Waals surface area (Å²) >= 11 is 0. The van der Waals surface area contributed by atoms with Crippen LogP contribution < -0.4 is 0 Å². The van der Waals surface area contributed by atoms with Crippen molar-refractivity contribution in [1.29, 1.82) is 0 Å². The first-order valence-electron chi connectivity index (χ1n) is 11.6. The van der Waals surface area contributed by atoms with Crippen LogP contribution in [0.3, 0.4) is 0 Å². The molecular weight excluding hydrogens is 590 g/mol. The third kappa shape index (κ3) is 7.31. The molecule has 0 saturated heterocycles. The van der Waals surface area contributed by atoms with E-state index in [9.17, 15) is 52.7 Å². The highest BCUT2D eigenvalue weighted by Gasteiger charge is 2.38. The number of hydrogen-bond acceptors (Lipinski definition) is 1. The lowest BCUT2D eigenvalue weighted by atomic mass is 9.98. The molecule has 0 heterocycles. The molecule has 0 saturated carbocycles. The molecular formula is C29H15F12N. The summed E-state index contributed by atoms with van der Waals surface area (Å²) in [5, 5.41) is 0. The average Bonchev–Trinajstić information content (AvgIpc) is 2.90. The maximum atomic E-state index is 13.2. The Hall–Kier alpha value is -4.29. The maximum Gasteiger partial charge on any atom is 0.416 e. The Labute approximate surface area is 229 Å². The SMILES string of the molecule is FC(F)(F)c1cc(-c2ccc(C=Nc3ccc(-c4cc(C(F)(F)F)cc(C(F)(F)F)c4)cc3)cc2)cc(C(F)(F)F)c1. The van der Waals surface area contributed by atoms with Crippen molar-refractivity contribution in [1.82, 2.24) is 0 Å². The van der Waals surface area contributed by atoms with Crippen molar-refractivity contribution in [3.63, 3.8) is 0 Å². The molecule has 0 aliphatic carbocycles. The molecule has 0 bridgehead atoms. The summed E-state index contributed by atoms with van der Waals surface area (Å²) in [6.07, 6.45) is -18.7. The lowest BCUT2D eigenvalue weighted by Crippen LogP contribution is -2.11. The van der Waals surface area contributed by atoms with Crippen LogP contribution in [-0.2, 0) is 24.7 Å². The average molecular weight is 605 g/mol. The van der Waals surface area contributed by atoms with Gasteiger partial charge in [0.2, 0.25) is 0 Å². The molecule has 1 nitrogen and oxygen atoms in total. The third-order valence-electron chi connectivity index (χ3n) is 5.98. The van der Waals surface area contributed by atoms with Gasteiger partial charge in [0.25, 0.3) is 0 Å². The molecule has 42 heavy (non-hydrogen) atoms. The molecule has 4 aromatic rings. The Kier molecular flexibility index (Phi) is 7.92. The van der Waals surface area contributed by atoms with E-state index in [1.54, 1.807) is 0 Å². The van der Waals surface area contributed by atoms with Gasteiger partial charge in [-0.15, -0.1) is 0 Å². The molecule has 0 aliphatic rings. The van der Waals surface area contributed by atoms with Crippen LogP contribution in [0.5, 0.6) is 0 Å². The van der Waals surface area contributed by atoms with Gasteiger partial charge in [0.1, 0.15) is 0 Å². The Morgan fingerprint density at radius 1 is 0.381 bits per heavy atom. The van der Waals surface area contributed by atoms with E-state index in [-0.39, 0.29) is 40.1 Å². The fraction of sp³-hybridized carbons (Fsp3) is 0.138. The molecule has 0 aromatic heterocycles. The summed E-state index contributed by atoms with van der Waals surface area (Å²) in [5.74, 6) is 0. The van der Waals surface area contributed by atoms with E-state index in [0.29, 0.717) is 29.8 Å². The van der Waals surface area contributed by atoms with Crippen LogP contribution in [0.25, 0.3) is 22.3 Å². The minimum atomic E-state index is -5.00. The third-order valence-corrected chi connectivity index (χ3v) is 5.98. The van der Waals surface area contributed by atoms with E-state index in [4.69, 9.17) is 0 Å². The summed E-state index contributed by atoms with van der Waals surface area (Å²) in [6.45, 7) is 0. The molecule has 0 atom stereocenters. The van der Waals surface area contributed by atoms with Crippen molar-refractivity contribution in [2.75, 3.05) is 0 Å². The van der Waals surface area contributed by atoms with Gasteiger partial charge in [-0.1, -0.05) is 36.4 Å². The lowest BCUT2D eigenvalue weighted by Gasteiger charge is -2.14. The molecule has 4 rings (SSSR count). The minimum Gasteiger partial charge on any atom is -0.256 e. The largest absolute Gasteiger partial charge is 0.416 e. The fourth-order valence-electron chi connectivity index (χ4n) is 3.89. The highest BCUT2D eigenvalue weighted by molar-refractivity contribution is 5.83. The zero-order chi connectivity index (χ0) is 31.1. The van der Waals surface area contributed by atoms with Gasteiger partial charge < -0.3 is 0 Å². The van der Waals surface area contributed by atoms with Crippen LogP contribution in [0.1, 0.15) is 27.8 Å². The second-order valence-electron chi connectivity index (χ2n) is 9.02. The molecule has 0 spiro atoms. The van der Waals surface area contributed by atoms with Gasteiger partial charge >= 0.3 is 24.7 Å². The zero-order valence-corrected chi connectivity index (χ0v) is 20.6. The van der Waals surface area contributed by atoms with Crippen molar-refractivity contribution in [2.24, 2.45) is 4.99 Å². The van der Waals surface area contributed by atoms with Crippen LogP contribution >= 0.6 is 0 Å². The molecule has 0 fully saturated rings. The van der Waals surface area contributed by atoms with E-state index in [0.717, 1.165) is 0 Å². The van der Waals surface area contributed by atoms with Crippen LogP contribution in [0, 0.1) is 0 Å². The van der Waals surface area contributed by atoms with E-state index in [1.165, 1.54) is 54.7 Å². The number of halogens is 12. The Morgan fingerprint density at radius 2 is 0.690 bits per heavy atom. The van der Waals surface area contributed by atoms with Crippen molar-refractivity contribution in [3.05, 3.63) is 113 Å². The van der Waals surface area contributed by atoms with Crippen LogP contribution in [0.4, 0.5) is 58.4 Å². The number of hydrogen-bond donors (Lipinski definition) is 0. The Bertz CT molecular complexity index is 1400. The first-order chi connectivity index (χ1) is 19.3. The molecule has 4 aromatic carbocycles. The molecule has 0 amide bonds. The normalized spacial score (nSPS) is 13.1. The second kappa shape index (κ2) is 10.8. The molecule has 13 heteroatoms. The van der Waals surface area contributed by atoms with E-state index < -0.39 is 47.0 Å². The van der Waals surface area contributed by atoms with Crippen LogP contribution in [-0.4, -0.2) is 6.21 Å². The van der Waals surface area contributed by atoms with E-state index in [1.807, 2.05) is 0 Å². The molecule has 0 N–H and O–H groups in total. The topological polar surface area (TPSA) is 12.4 Å². The Balaban J connectivity index is 1.57. The molecule has 220 valence electrons. The monoisotopic (exact) mass is 605 g/mol. The molecule has 0 radical (unpaired) electrons. The number of rotatable bonds is 4. The summed E-state index contributed by atoms with van der Waals surface area (Å²) in [5.41, 5.74) is -5.65. The van der Waals surface area contributed by atoms with Gasteiger partial charge in [-0.3, -0.25) is 4.99 Å².